The summed E-state index contributed by atoms with van der Waals surface area (Å²) < 4.78 is 0. The van der Waals surface area contributed by atoms with Crippen molar-refractivity contribution in [3.63, 3.8) is 0 Å². The van der Waals surface area contributed by atoms with Gasteiger partial charge in [-0.15, -0.1) is 11.6 Å². The largest absolute Gasteiger partial charge is 0.122 e. The van der Waals surface area contributed by atoms with Crippen LogP contribution in [0.3, 0.4) is 0 Å². The molecule has 9 heavy (non-hydrogen) atoms. The zero-order valence-electron chi connectivity index (χ0n) is 5.86. The molecule has 1 heteroatoms. The van der Waals surface area contributed by atoms with Crippen LogP contribution in [0.15, 0.2) is 11.6 Å². The molecule has 0 aromatic rings. The fourth-order valence-electron chi connectivity index (χ4n) is 1.05. The van der Waals surface area contributed by atoms with Gasteiger partial charge in [-0.1, -0.05) is 18.1 Å². The highest BCUT2D eigenvalue weighted by molar-refractivity contribution is 6.19. The van der Waals surface area contributed by atoms with Crippen molar-refractivity contribution in [1.82, 2.24) is 0 Å². The second kappa shape index (κ2) is 3.26. The van der Waals surface area contributed by atoms with Crippen LogP contribution in [-0.4, -0.2) is 5.88 Å². The molecule has 0 aromatic carbocycles. The molecular weight excluding hydrogens is 132 g/mol. The third-order valence-corrected chi connectivity index (χ3v) is 2.30. The second-order valence-electron chi connectivity index (χ2n) is 2.84. The molecule has 0 spiro atoms. The van der Waals surface area contributed by atoms with Crippen molar-refractivity contribution in [3.8, 4) is 0 Å². The van der Waals surface area contributed by atoms with Gasteiger partial charge in [0, 0.05) is 5.88 Å². The molecule has 0 saturated heterocycles. The highest BCUT2D eigenvalue weighted by Crippen LogP contribution is 2.28. The fraction of sp³-hybridized carbons (Fsp3) is 0.750. The van der Waals surface area contributed by atoms with Crippen LogP contribution in [0.4, 0.5) is 0 Å². The predicted octanol–water partition coefficient (Wildman–Crippen LogP) is 2.97. The summed E-state index contributed by atoms with van der Waals surface area (Å²) in [6.07, 6.45) is 6.50. The summed E-state index contributed by atoms with van der Waals surface area (Å²) in [5, 5.41) is 0. The Hall–Kier alpha value is 0.0300. The van der Waals surface area contributed by atoms with Crippen LogP contribution >= 0.6 is 11.6 Å². The van der Waals surface area contributed by atoms with Crippen molar-refractivity contribution in [1.29, 1.82) is 0 Å². The van der Waals surface area contributed by atoms with Crippen LogP contribution in [-0.2, 0) is 0 Å². The van der Waals surface area contributed by atoms with Crippen LogP contribution in [0.1, 0.15) is 26.2 Å². The number of rotatable bonds is 2. The molecule has 0 nitrogen and oxygen atoms in total. The zero-order chi connectivity index (χ0) is 6.69. The van der Waals surface area contributed by atoms with Crippen LogP contribution in [0.25, 0.3) is 0 Å². The number of hydrogen-bond donors (Lipinski definition) is 0. The number of allylic oxidation sites excluding steroid dienone is 2. The van der Waals surface area contributed by atoms with Crippen LogP contribution in [0, 0.1) is 5.92 Å². The number of hydrogen-bond acceptors (Lipinski definition) is 0. The Morgan fingerprint density at radius 1 is 1.67 bits per heavy atom. The van der Waals surface area contributed by atoms with Crippen LogP contribution in [0.2, 0.25) is 0 Å². The first-order valence-electron chi connectivity index (χ1n) is 3.56. The summed E-state index contributed by atoms with van der Waals surface area (Å²) in [4.78, 5) is 0. The van der Waals surface area contributed by atoms with E-state index >= 15 is 0 Å². The molecule has 0 heterocycles. The van der Waals surface area contributed by atoms with Crippen LogP contribution in [0.5, 0.6) is 0 Å². The van der Waals surface area contributed by atoms with Gasteiger partial charge in [0.2, 0.25) is 0 Å². The van der Waals surface area contributed by atoms with Crippen molar-refractivity contribution in [2.24, 2.45) is 5.92 Å². The molecule has 0 N–H and O–H groups in total. The van der Waals surface area contributed by atoms with Gasteiger partial charge in [-0.05, 0) is 25.7 Å². The molecule has 0 atom stereocenters. The Labute approximate surface area is 61.9 Å². The monoisotopic (exact) mass is 144 g/mol. The van der Waals surface area contributed by atoms with E-state index in [0.29, 0.717) is 5.88 Å². The van der Waals surface area contributed by atoms with E-state index < -0.39 is 0 Å². The molecule has 1 saturated carbocycles. The molecule has 1 fully saturated rings. The van der Waals surface area contributed by atoms with E-state index in [9.17, 15) is 0 Å². The summed E-state index contributed by atoms with van der Waals surface area (Å²) in [5.41, 5.74) is 1.33. The Morgan fingerprint density at radius 2 is 2.33 bits per heavy atom. The Morgan fingerprint density at radius 3 is 2.67 bits per heavy atom. The predicted molar refractivity (Wildman–Crippen MR) is 41.8 cm³/mol. The summed E-state index contributed by atoms with van der Waals surface area (Å²) in [5.74, 6) is 1.57. The van der Waals surface area contributed by atoms with E-state index in [2.05, 4.69) is 13.0 Å². The number of halogens is 1. The smallest absolute Gasteiger partial charge is 0.0430 e. The van der Waals surface area contributed by atoms with Crippen molar-refractivity contribution in [3.05, 3.63) is 11.6 Å². The molecule has 1 aliphatic rings. The van der Waals surface area contributed by atoms with Gasteiger partial charge in [0.15, 0.2) is 0 Å². The maximum atomic E-state index is 5.61. The van der Waals surface area contributed by atoms with Gasteiger partial charge >= 0.3 is 0 Å². The van der Waals surface area contributed by atoms with Crippen molar-refractivity contribution >= 4 is 11.6 Å². The summed E-state index contributed by atoms with van der Waals surface area (Å²) in [7, 11) is 0. The molecular formula is C8H13Cl. The molecule has 0 bridgehead atoms. The lowest BCUT2D eigenvalue weighted by Crippen LogP contribution is -2.07. The van der Waals surface area contributed by atoms with Gasteiger partial charge in [0.05, 0.1) is 0 Å². The Balaban J connectivity index is 2.27. The maximum absolute atomic E-state index is 5.61. The molecule has 0 amide bonds. The fourth-order valence-corrected chi connectivity index (χ4v) is 1.14. The summed E-state index contributed by atoms with van der Waals surface area (Å²) >= 11 is 5.61. The Bertz CT molecular complexity index is 112. The molecule has 52 valence electrons. The van der Waals surface area contributed by atoms with Gasteiger partial charge in [-0.25, -0.2) is 0 Å². The maximum Gasteiger partial charge on any atom is 0.0430 e. The van der Waals surface area contributed by atoms with E-state index in [0.717, 1.165) is 5.92 Å². The van der Waals surface area contributed by atoms with E-state index in [4.69, 9.17) is 11.6 Å². The highest BCUT2D eigenvalue weighted by Gasteiger charge is 2.13. The third-order valence-electron chi connectivity index (χ3n) is 1.88. The van der Waals surface area contributed by atoms with E-state index in [1.54, 1.807) is 0 Å². The third kappa shape index (κ3) is 2.02. The first-order valence-corrected chi connectivity index (χ1v) is 4.09. The van der Waals surface area contributed by atoms with Crippen molar-refractivity contribution in [2.75, 3.05) is 5.88 Å². The lowest BCUT2D eigenvalue weighted by Gasteiger charge is -2.22. The average molecular weight is 145 g/mol. The van der Waals surface area contributed by atoms with E-state index in [1.807, 2.05) is 0 Å². The van der Waals surface area contributed by atoms with Gasteiger partial charge in [0.1, 0.15) is 0 Å². The van der Waals surface area contributed by atoms with Crippen LogP contribution < -0.4 is 0 Å². The van der Waals surface area contributed by atoms with E-state index in [1.165, 1.54) is 24.8 Å². The normalized spacial score (nSPS) is 21.8. The topological polar surface area (TPSA) is 0 Å². The quantitative estimate of drug-likeness (QED) is 0.413. The number of alkyl halides is 1. The summed E-state index contributed by atoms with van der Waals surface area (Å²) in [6, 6.07) is 0. The first-order chi connectivity index (χ1) is 4.33. The highest BCUT2D eigenvalue weighted by atomic mass is 35.5. The molecule has 0 aliphatic heterocycles. The molecule has 0 aromatic heterocycles. The van der Waals surface area contributed by atoms with Gasteiger partial charge in [0.25, 0.3) is 0 Å². The SMILES string of the molecule is C/C(=C\C1CCC1)CCl. The van der Waals surface area contributed by atoms with Crippen molar-refractivity contribution in [2.45, 2.75) is 26.2 Å². The van der Waals surface area contributed by atoms with Gasteiger partial charge < -0.3 is 0 Å². The lowest BCUT2D eigenvalue weighted by molar-refractivity contribution is 0.386. The zero-order valence-corrected chi connectivity index (χ0v) is 6.62. The van der Waals surface area contributed by atoms with Gasteiger partial charge in [-0.2, -0.15) is 0 Å². The second-order valence-corrected chi connectivity index (χ2v) is 3.10. The minimum Gasteiger partial charge on any atom is -0.122 e. The lowest BCUT2D eigenvalue weighted by atomic mass is 9.84. The van der Waals surface area contributed by atoms with Crippen molar-refractivity contribution < 1.29 is 0 Å². The minimum atomic E-state index is 0.705. The standard InChI is InChI=1S/C8H13Cl/c1-7(6-9)5-8-3-2-4-8/h5,8H,2-4,6H2,1H3/b7-5+. The molecule has 1 aliphatic carbocycles. The minimum absolute atomic E-state index is 0.705. The first kappa shape index (κ1) is 7.14. The Kier molecular flexibility index (Phi) is 2.59. The summed E-state index contributed by atoms with van der Waals surface area (Å²) in [6.45, 7) is 2.10. The molecule has 1 rings (SSSR count). The van der Waals surface area contributed by atoms with Gasteiger partial charge in [-0.3, -0.25) is 0 Å². The average Bonchev–Trinajstić information content (AvgIpc) is 1.78. The van der Waals surface area contributed by atoms with E-state index in [-0.39, 0.29) is 0 Å². The molecule has 0 unspecified atom stereocenters. The molecule has 0 radical (unpaired) electrons.